The maximum atomic E-state index is 4.70. The molecular formula is C18H22N4. The summed E-state index contributed by atoms with van der Waals surface area (Å²) in [5.74, 6) is 7.21. The maximum absolute atomic E-state index is 4.70. The topological polar surface area (TPSA) is 51.6 Å². The number of aromatic nitrogens is 4. The summed E-state index contributed by atoms with van der Waals surface area (Å²) in [6, 6.07) is 0. The van der Waals surface area contributed by atoms with Crippen molar-refractivity contribution in [2.24, 2.45) is 11.8 Å². The minimum atomic E-state index is 0.516. The molecule has 0 radical (unpaired) electrons. The minimum absolute atomic E-state index is 0.516. The van der Waals surface area contributed by atoms with Crippen molar-refractivity contribution >= 4 is 0 Å². The Morgan fingerprint density at radius 2 is 1.68 bits per heavy atom. The van der Waals surface area contributed by atoms with Gasteiger partial charge in [0.25, 0.3) is 0 Å². The minimum Gasteiger partial charge on any atom is -0.260 e. The van der Waals surface area contributed by atoms with Crippen molar-refractivity contribution in [3.63, 3.8) is 0 Å². The van der Waals surface area contributed by atoms with E-state index in [2.05, 4.69) is 54.5 Å². The third kappa shape index (κ3) is 4.92. The third-order valence-corrected chi connectivity index (χ3v) is 2.99. The molecule has 0 unspecified atom stereocenters. The van der Waals surface area contributed by atoms with Crippen LogP contribution in [0.25, 0.3) is 0 Å². The van der Waals surface area contributed by atoms with Crippen LogP contribution in [0.1, 0.15) is 50.5 Å². The first-order valence-corrected chi connectivity index (χ1v) is 7.67. The summed E-state index contributed by atoms with van der Waals surface area (Å²) in [7, 11) is 0. The molecule has 0 aliphatic carbocycles. The second-order valence-electron chi connectivity index (χ2n) is 6.19. The largest absolute Gasteiger partial charge is 0.260 e. The molecule has 22 heavy (non-hydrogen) atoms. The van der Waals surface area contributed by atoms with Crippen molar-refractivity contribution in [3.8, 4) is 11.8 Å². The molecule has 0 bridgehead atoms. The molecule has 0 aliphatic heterocycles. The van der Waals surface area contributed by atoms with E-state index in [-0.39, 0.29) is 0 Å². The summed E-state index contributed by atoms with van der Waals surface area (Å²) in [6.45, 7) is 8.69. The van der Waals surface area contributed by atoms with Gasteiger partial charge in [-0.2, -0.15) is 0 Å². The van der Waals surface area contributed by atoms with Crippen LogP contribution < -0.4 is 0 Å². The molecule has 0 aliphatic rings. The van der Waals surface area contributed by atoms with Gasteiger partial charge in [0.05, 0.1) is 17.6 Å². The summed E-state index contributed by atoms with van der Waals surface area (Å²) >= 11 is 0. The Morgan fingerprint density at radius 3 is 2.32 bits per heavy atom. The zero-order valence-electron chi connectivity index (χ0n) is 13.7. The Balaban J connectivity index is 2.34. The van der Waals surface area contributed by atoms with Crippen molar-refractivity contribution in [2.45, 2.75) is 40.5 Å². The summed E-state index contributed by atoms with van der Waals surface area (Å²) in [5, 5.41) is 0. The van der Waals surface area contributed by atoms with Gasteiger partial charge >= 0.3 is 0 Å². The first-order chi connectivity index (χ1) is 10.5. The fourth-order valence-corrected chi connectivity index (χ4v) is 2.09. The second kappa shape index (κ2) is 7.65. The predicted molar refractivity (Wildman–Crippen MR) is 87.1 cm³/mol. The highest BCUT2D eigenvalue weighted by Crippen LogP contribution is 2.12. The van der Waals surface area contributed by atoms with Crippen molar-refractivity contribution in [3.05, 3.63) is 47.6 Å². The van der Waals surface area contributed by atoms with Crippen molar-refractivity contribution in [2.75, 3.05) is 0 Å². The molecule has 0 atom stereocenters. The number of nitrogens with zero attached hydrogens (tertiary/aromatic N) is 4. The highest BCUT2D eigenvalue weighted by molar-refractivity contribution is 5.38. The Labute approximate surface area is 132 Å². The van der Waals surface area contributed by atoms with Crippen molar-refractivity contribution < 1.29 is 0 Å². The average Bonchev–Trinajstić information content (AvgIpc) is 2.47. The molecule has 2 heterocycles. The van der Waals surface area contributed by atoms with Gasteiger partial charge in [-0.25, -0.2) is 9.97 Å². The van der Waals surface area contributed by atoms with Gasteiger partial charge in [-0.05, 0) is 36.5 Å². The van der Waals surface area contributed by atoms with Gasteiger partial charge in [-0.15, -0.1) is 0 Å². The first kappa shape index (κ1) is 16.1. The number of hydrogen-bond donors (Lipinski definition) is 0. The van der Waals surface area contributed by atoms with Crippen LogP contribution >= 0.6 is 0 Å². The van der Waals surface area contributed by atoms with E-state index in [0.29, 0.717) is 17.5 Å². The Morgan fingerprint density at radius 1 is 0.909 bits per heavy atom. The van der Waals surface area contributed by atoms with E-state index in [1.165, 1.54) is 0 Å². The molecule has 0 fully saturated rings. The molecule has 114 valence electrons. The number of hydrogen-bond acceptors (Lipinski definition) is 4. The molecule has 4 nitrogen and oxygen atoms in total. The van der Waals surface area contributed by atoms with E-state index in [0.717, 1.165) is 29.9 Å². The first-order valence-electron chi connectivity index (χ1n) is 7.67. The zero-order chi connectivity index (χ0) is 15.9. The highest BCUT2D eigenvalue weighted by atomic mass is 14.8. The van der Waals surface area contributed by atoms with E-state index in [9.17, 15) is 0 Å². The lowest BCUT2D eigenvalue weighted by atomic mass is 10.0. The van der Waals surface area contributed by atoms with Crippen LogP contribution in [0.5, 0.6) is 0 Å². The predicted octanol–water partition coefficient (Wildman–Crippen LogP) is 3.06. The van der Waals surface area contributed by atoms with E-state index in [1.54, 1.807) is 18.6 Å². The molecule has 0 saturated heterocycles. The van der Waals surface area contributed by atoms with E-state index < -0.39 is 0 Å². The zero-order valence-corrected chi connectivity index (χ0v) is 13.7. The molecule has 0 amide bonds. The molecular weight excluding hydrogens is 272 g/mol. The van der Waals surface area contributed by atoms with E-state index >= 15 is 0 Å². The smallest absolute Gasteiger partial charge is 0.135 e. The van der Waals surface area contributed by atoms with Crippen LogP contribution in [0.4, 0.5) is 0 Å². The van der Waals surface area contributed by atoms with Gasteiger partial charge in [0, 0.05) is 18.6 Å². The lowest BCUT2D eigenvalue weighted by molar-refractivity contribution is 0.615. The van der Waals surface area contributed by atoms with Gasteiger partial charge in [0.1, 0.15) is 11.4 Å². The lowest BCUT2D eigenvalue weighted by Crippen LogP contribution is -2.07. The Kier molecular flexibility index (Phi) is 5.60. The molecule has 0 aromatic carbocycles. The van der Waals surface area contributed by atoms with Gasteiger partial charge in [-0.1, -0.05) is 27.7 Å². The Hall–Kier alpha value is -2.28. The van der Waals surface area contributed by atoms with Crippen LogP contribution in [-0.4, -0.2) is 19.9 Å². The van der Waals surface area contributed by atoms with Crippen molar-refractivity contribution in [1.29, 1.82) is 0 Å². The molecule has 0 spiro atoms. The monoisotopic (exact) mass is 294 g/mol. The van der Waals surface area contributed by atoms with Crippen LogP contribution in [0.2, 0.25) is 0 Å². The van der Waals surface area contributed by atoms with Gasteiger partial charge < -0.3 is 0 Å². The van der Waals surface area contributed by atoms with Crippen LogP contribution in [-0.2, 0) is 12.8 Å². The summed E-state index contributed by atoms with van der Waals surface area (Å²) < 4.78 is 0. The average molecular weight is 294 g/mol. The van der Waals surface area contributed by atoms with Crippen molar-refractivity contribution in [1.82, 2.24) is 19.9 Å². The standard InChI is InChI=1S/C18H22N4/c1-13(2)9-16-12-21-18(10-14(3)4)17(22-16)6-5-15-11-19-7-8-20-15/h7-8,11-14H,9-10H2,1-4H3. The molecule has 4 heteroatoms. The molecule has 2 aromatic rings. The fraction of sp³-hybridized carbons (Fsp3) is 0.444. The third-order valence-electron chi connectivity index (χ3n) is 2.99. The van der Waals surface area contributed by atoms with E-state index in [4.69, 9.17) is 4.98 Å². The van der Waals surface area contributed by atoms with Gasteiger partial charge in [0.15, 0.2) is 0 Å². The molecule has 2 rings (SSSR count). The Bertz CT molecular complexity index is 666. The lowest BCUT2D eigenvalue weighted by Gasteiger charge is -2.09. The van der Waals surface area contributed by atoms with Gasteiger partial charge in [-0.3, -0.25) is 9.97 Å². The molecule has 2 aromatic heterocycles. The highest BCUT2D eigenvalue weighted by Gasteiger charge is 2.09. The summed E-state index contributed by atoms with van der Waals surface area (Å²) in [4.78, 5) is 17.5. The second-order valence-corrected chi connectivity index (χ2v) is 6.19. The molecule has 0 saturated carbocycles. The molecule has 0 N–H and O–H groups in total. The normalized spacial score (nSPS) is 10.6. The van der Waals surface area contributed by atoms with Crippen LogP contribution in [0.3, 0.4) is 0 Å². The maximum Gasteiger partial charge on any atom is 0.135 e. The SMILES string of the molecule is CC(C)Cc1cnc(CC(C)C)c(C#Cc2cnccn2)n1. The van der Waals surface area contributed by atoms with Gasteiger partial charge in [0.2, 0.25) is 0 Å². The number of rotatable bonds is 4. The van der Waals surface area contributed by atoms with Crippen LogP contribution in [0, 0.1) is 23.7 Å². The quantitative estimate of drug-likeness (QED) is 0.813. The summed E-state index contributed by atoms with van der Waals surface area (Å²) in [6.07, 6.45) is 8.60. The van der Waals surface area contributed by atoms with E-state index in [1.807, 2.05) is 6.20 Å². The fourth-order valence-electron chi connectivity index (χ4n) is 2.09. The summed E-state index contributed by atoms with van der Waals surface area (Å²) in [5.41, 5.74) is 3.36. The van der Waals surface area contributed by atoms with Crippen LogP contribution in [0.15, 0.2) is 24.8 Å².